The number of carbonyl (C=O) groups is 2. The first-order chi connectivity index (χ1) is 9.97. The lowest BCUT2D eigenvalue weighted by Crippen LogP contribution is -2.42. The van der Waals surface area contributed by atoms with E-state index < -0.39 is 12.1 Å². The van der Waals surface area contributed by atoms with Gasteiger partial charge < -0.3 is 14.7 Å². The highest BCUT2D eigenvalue weighted by Crippen LogP contribution is 2.28. The third kappa shape index (κ3) is 4.48. The Hall–Kier alpha value is -2.04. The highest BCUT2D eigenvalue weighted by atomic mass is 16.5. The molecule has 21 heavy (non-hydrogen) atoms. The second-order valence-corrected chi connectivity index (χ2v) is 5.48. The summed E-state index contributed by atoms with van der Waals surface area (Å²) in [6, 6.07) is 7.71. The molecular formula is C16H21NO4. The SMILES string of the molecule is Cc1cccc(OC(C)C(=O)N(CCC(=O)O)C2CC2)c1. The van der Waals surface area contributed by atoms with Crippen LogP contribution in [0, 0.1) is 6.92 Å². The van der Waals surface area contributed by atoms with E-state index in [9.17, 15) is 9.59 Å². The molecule has 0 radical (unpaired) electrons. The van der Waals surface area contributed by atoms with Crippen LogP contribution in [0.5, 0.6) is 5.75 Å². The van der Waals surface area contributed by atoms with Gasteiger partial charge in [0.25, 0.3) is 5.91 Å². The zero-order valence-electron chi connectivity index (χ0n) is 12.4. The van der Waals surface area contributed by atoms with Crippen LogP contribution in [0.2, 0.25) is 0 Å². The Morgan fingerprint density at radius 3 is 2.71 bits per heavy atom. The Labute approximate surface area is 124 Å². The zero-order valence-corrected chi connectivity index (χ0v) is 12.4. The molecule has 114 valence electrons. The summed E-state index contributed by atoms with van der Waals surface area (Å²) in [6.45, 7) is 3.92. The third-order valence-corrected chi connectivity index (χ3v) is 3.49. The van der Waals surface area contributed by atoms with Crippen molar-refractivity contribution in [2.24, 2.45) is 0 Å². The Morgan fingerprint density at radius 2 is 2.14 bits per heavy atom. The quantitative estimate of drug-likeness (QED) is 0.836. The van der Waals surface area contributed by atoms with Crippen molar-refractivity contribution in [2.75, 3.05) is 6.54 Å². The minimum atomic E-state index is -0.888. The van der Waals surface area contributed by atoms with Gasteiger partial charge >= 0.3 is 5.97 Å². The molecular weight excluding hydrogens is 270 g/mol. The third-order valence-electron chi connectivity index (χ3n) is 3.49. The molecule has 1 aliphatic rings. The van der Waals surface area contributed by atoms with Crippen LogP contribution >= 0.6 is 0 Å². The molecule has 5 heteroatoms. The fraction of sp³-hybridized carbons (Fsp3) is 0.500. The van der Waals surface area contributed by atoms with Gasteiger partial charge in [-0.2, -0.15) is 0 Å². The summed E-state index contributed by atoms with van der Waals surface area (Å²) in [5, 5.41) is 8.78. The molecule has 0 aromatic heterocycles. The number of ether oxygens (including phenoxy) is 1. The molecule has 0 saturated heterocycles. The van der Waals surface area contributed by atoms with Crippen molar-refractivity contribution < 1.29 is 19.4 Å². The van der Waals surface area contributed by atoms with Crippen molar-refractivity contribution in [3.8, 4) is 5.75 Å². The zero-order chi connectivity index (χ0) is 15.4. The second-order valence-electron chi connectivity index (χ2n) is 5.48. The maximum atomic E-state index is 12.4. The molecule has 1 unspecified atom stereocenters. The van der Waals surface area contributed by atoms with E-state index in [4.69, 9.17) is 9.84 Å². The van der Waals surface area contributed by atoms with Gasteiger partial charge in [0.15, 0.2) is 6.10 Å². The Kier molecular flexibility index (Phi) is 4.83. The lowest BCUT2D eigenvalue weighted by atomic mass is 10.2. The summed E-state index contributed by atoms with van der Waals surface area (Å²) < 4.78 is 5.68. The number of nitrogens with zero attached hydrogens (tertiary/aromatic N) is 1. The van der Waals surface area contributed by atoms with E-state index in [2.05, 4.69) is 0 Å². The van der Waals surface area contributed by atoms with E-state index >= 15 is 0 Å². The highest BCUT2D eigenvalue weighted by Gasteiger charge is 2.35. The van der Waals surface area contributed by atoms with Crippen molar-refractivity contribution in [2.45, 2.75) is 45.3 Å². The van der Waals surface area contributed by atoms with Gasteiger partial charge in [-0.1, -0.05) is 12.1 Å². The van der Waals surface area contributed by atoms with Gasteiger partial charge in [0.1, 0.15) is 5.75 Å². The number of aliphatic carboxylic acids is 1. The van der Waals surface area contributed by atoms with Gasteiger partial charge in [-0.15, -0.1) is 0 Å². The minimum absolute atomic E-state index is 0.0284. The molecule has 1 saturated carbocycles. The minimum Gasteiger partial charge on any atom is -0.481 e. The first kappa shape index (κ1) is 15.4. The van der Waals surface area contributed by atoms with E-state index in [1.165, 1.54) is 0 Å². The number of hydrogen-bond acceptors (Lipinski definition) is 3. The summed E-state index contributed by atoms with van der Waals surface area (Å²) in [5.74, 6) is -0.370. The van der Waals surface area contributed by atoms with Gasteiger partial charge in [0.05, 0.1) is 6.42 Å². The molecule has 0 heterocycles. The summed E-state index contributed by atoms with van der Waals surface area (Å²) in [4.78, 5) is 24.8. The van der Waals surface area contributed by atoms with Crippen LogP contribution in [0.1, 0.15) is 31.7 Å². The number of carbonyl (C=O) groups excluding carboxylic acids is 1. The van der Waals surface area contributed by atoms with Crippen LogP contribution in [0.15, 0.2) is 24.3 Å². The summed E-state index contributed by atoms with van der Waals surface area (Å²) >= 11 is 0. The predicted octanol–water partition coefficient (Wildman–Crippen LogP) is 2.23. The fourth-order valence-corrected chi connectivity index (χ4v) is 2.25. The largest absolute Gasteiger partial charge is 0.481 e. The number of hydrogen-bond donors (Lipinski definition) is 1. The van der Waals surface area contributed by atoms with Gasteiger partial charge in [0.2, 0.25) is 0 Å². The number of benzene rings is 1. The Bertz CT molecular complexity index is 525. The maximum Gasteiger partial charge on any atom is 0.305 e. The molecule has 1 amide bonds. The molecule has 0 bridgehead atoms. The molecule has 1 N–H and O–H groups in total. The maximum absolute atomic E-state index is 12.4. The van der Waals surface area contributed by atoms with Gasteiger partial charge in [-0.05, 0) is 44.4 Å². The van der Waals surface area contributed by atoms with Crippen molar-refractivity contribution >= 4 is 11.9 Å². The molecule has 1 atom stereocenters. The average molecular weight is 291 g/mol. The monoisotopic (exact) mass is 291 g/mol. The smallest absolute Gasteiger partial charge is 0.305 e. The average Bonchev–Trinajstić information content (AvgIpc) is 3.23. The topological polar surface area (TPSA) is 66.8 Å². The van der Waals surface area contributed by atoms with Gasteiger partial charge in [-0.25, -0.2) is 0 Å². The molecule has 1 aliphatic carbocycles. The Balaban J connectivity index is 1.97. The summed E-state index contributed by atoms with van der Waals surface area (Å²) in [5.41, 5.74) is 1.07. The van der Waals surface area contributed by atoms with Crippen LogP contribution in [0.4, 0.5) is 0 Å². The first-order valence-electron chi connectivity index (χ1n) is 7.23. The van der Waals surface area contributed by atoms with Gasteiger partial charge in [0, 0.05) is 12.6 Å². The number of carboxylic acids is 1. The molecule has 5 nitrogen and oxygen atoms in total. The van der Waals surface area contributed by atoms with Crippen molar-refractivity contribution in [3.05, 3.63) is 29.8 Å². The van der Waals surface area contributed by atoms with Crippen molar-refractivity contribution in [1.82, 2.24) is 4.90 Å². The summed E-state index contributed by atoms with van der Waals surface area (Å²) in [6.07, 6.45) is 1.26. The number of amides is 1. The fourth-order valence-electron chi connectivity index (χ4n) is 2.25. The molecule has 2 rings (SSSR count). The predicted molar refractivity (Wildman–Crippen MR) is 78.3 cm³/mol. The van der Waals surface area contributed by atoms with E-state index in [0.29, 0.717) is 5.75 Å². The number of rotatable bonds is 7. The van der Waals surface area contributed by atoms with E-state index in [1.54, 1.807) is 11.8 Å². The molecule has 1 aromatic carbocycles. The first-order valence-corrected chi connectivity index (χ1v) is 7.23. The standard InChI is InChI=1S/C16H21NO4/c1-11-4-3-5-14(10-11)21-12(2)16(20)17(13-6-7-13)9-8-15(18)19/h3-5,10,12-13H,6-9H2,1-2H3,(H,18,19). The van der Waals surface area contributed by atoms with Crippen LogP contribution < -0.4 is 4.74 Å². The number of carboxylic acid groups (broad SMARTS) is 1. The molecule has 1 aromatic rings. The lowest BCUT2D eigenvalue weighted by Gasteiger charge is -2.25. The van der Waals surface area contributed by atoms with Crippen molar-refractivity contribution in [1.29, 1.82) is 0 Å². The van der Waals surface area contributed by atoms with E-state index in [1.807, 2.05) is 31.2 Å². The molecule has 0 aliphatic heterocycles. The highest BCUT2D eigenvalue weighted by molar-refractivity contribution is 5.82. The van der Waals surface area contributed by atoms with Crippen LogP contribution in [-0.2, 0) is 9.59 Å². The summed E-state index contributed by atoms with van der Waals surface area (Å²) in [7, 11) is 0. The second kappa shape index (κ2) is 6.61. The molecule has 1 fully saturated rings. The normalized spacial score (nSPS) is 15.3. The van der Waals surface area contributed by atoms with E-state index in [0.717, 1.165) is 18.4 Å². The van der Waals surface area contributed by atoms with Crippen LogP contribution in [-0.4, -0.2) is 40.6 Å². The van der Waals surface area contributed by atoms with Crippen LogP contribution in [0.3, 0.4) is 0 Å². The van der Waals surface area contributed by atoms with E-state index in [-0.39, 0.29) is 24.9 Å². The van der Waals surface area contributed by atoms with Crippen LogP contribution in [0.25, 0.3) is 0 Å². The Morgan fingerprint density at radius 1 is 1.43 bits per heavy atom. The lowest BCUT2D eigenvalue weighted by molar-refractivity contribution is -0.141. The van der Waals surface area contributed by atoms with Crippen molar-refractivity contribution in [3.63, 3.8) is 0 Å². The number of aryl methyl sites for hydroxylation is 1. The van der Waals surface area contributed by atoms with Gasteiger partial charge in [-0.3, -0.25) is 9.59 Å². The molecule has 0 spiro atoms.